The molecule has 144 valence electrons. The first-order chi connectivity index (χ1) is 11.8. The topological polar surface area (TPSA) is 73.3 Å². The zero-order valence-corrected chi connectivity index (χ0v) is 14.5. The number of carbonyl (C=O) groups is 3. The maximum Gasteiger partial charge on any atom is 0.434 e. The van der Waals surface area contributed by atoms with Crippen molar-refractivity contribution in [1.29, 1.82) is 0 Å². The summed E-state index contributed by atoms with van der Waals surface area (Å²) in [5.41, 5.74) is -6.50. The number of carbonyl (C=O) groups excluding carboxylic acids is 3. The van der Waals surface area contributed by atoms with Gasteiger partial charge in [0, 0.05) is 0 Å². The number of nitrogens with zero attached hydrogens (tertiary/aromatic N) is 1. The quantitative estimate of drug-likeness (QED) is 0.237. The predicted molar refractivity (Wildman–Crippen MR) is 79.3 cm³/mol. The molecular weight excluding hydrogens is 389 g/mol. The first-order valence-corrected chi connectivity index (χ1v) is 7.45. The number of aromatic nitrogens is 1. The number of hydrogen-bond acceptors (Lipinski definition) is 5. The van der Waals surface area contributed by atoms with Gasteiger partial charge in [-0.1, -0.05) is 13.8 Å². The van der Waals surface area contributed by atoms with E-state index >= 15 is 0 Å². The number of halogens is 6. The molecule has 0 N–H and O–H groups in total. The second-order valence-electron chi connectivity index (χ2n) is 5.57. The van der Waals surface area contributed by atoms with Crippen LogP contribution in [0.1, 0.15) is 57.9 Å². The van der Waals surface area contributed by atoms with Gasteiger partial charge in [0.05, 0.1) is 18.2 Å². The third-order valence-corrected chi connectivity index (χ3v) is 3.38. The van der Waals surface area contributed by atoms with Crippen molar-refractivity contribution in [3.63, 3.8) is 0 Å². The van der Waals surface area contributed by atoms with Gasteiger partial charge in [-0.15, -0.1) is 0 Å². The fraction of sp³-hybridized carbons (Fsp3) is 0.467. The van der Waals surface area contributed by atoms with Gasteiger partial charge < -0.3 is 4.74 Å². The summed E-state index contributed by atoms with van der Waals surface area (Å²) in [5.74, 6) is -3.68. The molecular formula is C15H13ClF5NO4. The summed E-state index contributed by atoms with van der Waals surface area (Å²) in [6.07, 6.45) is -9.31. The lowest BCUT2D eigenvalue weighted by atomic mass is 9.89. The van der Waals surface area contributed by atoms with Crippen LogP contribution >= 0.6 is 11.6 Å². The first-order valence-electron chi connectivity index (χ1n) is 7.07. The summed E-state index contributed by atoms with van der Waals surface area (Å²) < 4.78 is 70.9. The summed E-state index contributed by atoms with van der Waals surface area (Å²) in [6.45, 7) is 3.02. The first kappa shape index (κ1) is 21.9. The number of methoxy groups -OCH3 is 1. The normalized spacial score (nSPS) is 11.8. The zero-order chi connectivity index (χ0) is 20.4. The van der Waals surface area contributed by atoms with Gasteiger partial charge in [-0.2, -0.15) is 13.2 Å². The summed E-state index contributed by atoms with van der Waals surface area (Å²) >= 11 is 5.01. The van der Waals surface area contributed by atoms with Crippen LogP contribution in [0.4, 0.5) is 22.0 Å². The molecule has 0 bridgehead atoms. The number of ether oxygens (including phenoxy) is 1. The van der Waals surface area contributed by atoms with E-state index in [9.17, 15) is 36.3 Å². The molecule has 0 aliphatic carbocycles. The Hall–Kier alpha value is -2.10. The second kappa shape index (κ2) is 8.07. The van der Waals surface area contributed by atoms with E-state index in [4.69, 9.17) is 11.6 Å². The third-order valence-electron chi connectivity index (χ3n) is 3.21. The summed E-state index contributed by atoms with van der Waals surface area (Å²) in [6, 6.07) is 0. The Labute approximate surface area is 149 Å². The molecule has 0 atom stereocenters. The van der Waals surface area contributed by atoms with Crippen LogP contribution in [0, 0.1) is 5.92 Å². The highest BCUT2D eigenvalue weighted by Gasteiger charge is 2.43. The predicted octanol–water partition coefficient (Wildman–Crippen LogP) is 3.97. The number of pyridine rings is 1. The Bertz CT molecular complexity index is 747. The summed E-state index contributed by atoms with van der Waals surface area (Å²) in [7, 11) is 0.822. The largest absolute Gasteiger partial charge is 0.465 e. The molecule has 0 saturated carbocycles. The van der Waals surface area contributed by atoms with Crippen LogP contribution in [0.15, 0.2) is 0 Å². The van der Waals surface area contributed by atoms with Crippen LogP contribution in [0.2, 0.25) is 0 Å². The molecule has 0 unspecified atom stereocenters. The van der Waals surface area contributed by atoms with E-state index in [0.29, 0.717) is 0 Å². The fourth-order valence-electron chi connectivity index (χ4n) is 2.30. The minimum Gasteiger partial charge on any atom is -0.465 e. The highest BCUT2D eigenvalue weighted by molar-refractivity contribution is 6.83. The van der Waals surface area contributed by atoms with Crippen molar-refractivity contribution in [2.75, 3.05) is 7.11 Å². The number of Topliss-reactive ketones (excluding diaryl/α,β-unsaturated/α-hetero) is 1. The summed E-state index contributed by atoms with van der Waals surface area (Å²) in [5, 5.41) is -1.78. The minimum atomic E-state index is -5.35. The van der Waals surface area contributed by atoms with E-state index < -0.39 is 70.0 Å². The lowest BCUT2D eigenvalue weighted by Crippen LogP contribution is -2.26. The van der Waals surface area contributed by atoms with Gasteiger partial charge in [-0.25, -0.2) is 18.6 Å². The van der Waals surface area contributed by atoms with Crippen molar-refractivity contribution < 1.29 is 41.1 Å². The van der Waals surface area contributed by atoms with Crippen molar-refractivity contribution in [3.8, 4) is 0 Å². The average molecular weight is 402 g/mol. The van der Waals surface area contributed by atoms with Crippen molar-refractivity contribution in [3.05, 3.63) is 28.1 Å². The highest BCUT2D eigenvalue weighted by Crippen LogP contribution is 2.38. The van der Waals surface area contributed by atoms with Crippen molar-refractivity contribution in [2.45, 2.75) is 32.9 Å². The molecule has 1 aromatic heterocycles. The van der Waals surface area contributed by atoms with Crippen LogP contribution in [-0.4, -0.2) is 29.1 Å². The molecule has 0 aliphatic heterocycles. The standard InChI is InChI=1S/C15H13ClF5NO4/c1-5(2)4-6-7(14(25)26-3)9(13(17)18)22-11(15(19,20)21)8(6)10(23)12(16)24/h5,13H,4H2,1-3H3. The third kappa shape index (κ3) is 4.54. The number of rotatable bonds is 6. The van der Waals surface area contributed by atoms with Gasteiger partial charge in [0.25, 0.3) is 11.7 Å². The molecule has 11 heteroatoms. The van der Waals surface area contributed by atoms with E-state index in [0.717, 1.165) is 7.11 Å². The van der Waals surface area contributed by atoms with E-state index in [1.54, 1.807) is 0 Å². The van der Waals surface area contributed by atoms with E-state index in [1.165, 1.54) is 13.8 Å². The Balaban J connectivity index is 4.13. The van der Waals surface area contributed by atoms with Crippen LogP contribution in [0.3, 0.4) is 0 Å². The fourth-order valence-corrected chi connectivity index (χ4v) is 2.40. The SMILES string of the molecule is COC(=O)c1c(C(F)F)nc(C(F)(F)F)c(C(=O)C(=O)Cl)c1CC(C)C. The molecule has 0 spiro atoms. The number of alkyl halides is 5. The smallest absolute Gasteiger partial charge is 0.434 e. The van der Waals surface area contributed by atoms with E-state index in [-0.39, 0.29) is 0 Å². The van der Waals surface area contributed by atoms with Crippen LogP contribution in [0.25, 0.3) is 0 Å². The van der Waals surface area contributed by atoms with E-state index in [2.05, 4.69) is 9.72 Å². The molecule has 0 radical (unpaired) electrons. The van der Waals surface area contributed by atoms with Gasteiger partial charge in [0.15, 0.2) is 5.69 Å². The maximum atomic E-state index is 13.3. The second-order valence-corrected chi connectivity index (χ2v) is 5.91. The molecule has 26 heavy (non-hydrogen) atoms. The average Bonchev–Trinajstić information content (AvgIpc) is 2.50. The molecule has 0 fully saturated rings. The van der Waals surface area contributed by atoms with Gasteiger partial charge >= 0.3 is 12.1 Å². The van der Waals surface area contributed by atoms with Gasteiger partial charge in [0.1, 0.15) is 5.69 Å². The highest BCUT2D eigenvalue weighted by atomic mass is 35.5. The Morgan fingerprint density at radius 2 is 1.69 bits per heavy atom. The molecule has 1 heterocycles. The molecule has 0 aromatic carbocycles. The Morgan fingerprint density at radius 1 is 1.15 bits per heavy atom. The molecule has 1 rings (SSSR count). The number of esters is 1. The Morgan fingerprint density at radius 3 is 2.04 bits per heavy atom. The number of ketones is 1. The van der Waals surface area contributed by atoms with Gasteiger partial charge in [0.2, 0.25) is 5.78 Å². The Kier molecular flexibility index (Phi) is 6.81. The molecule has 0 aliphatic rings. The number of hydrogen-bond donors (Lipinski definition) is 0. The molecule has 0 amide bonds. The monoisotopic (exact) mass is 401 g/mol. The zero-order valence-electron chi connectivity index (χ0n) is 13.7. The van der Waals surface area contributed by atoms with Crippen LogP contribution in [-0.2, 0) is 22.1 Å². The van der Waals surface area contributed by atoms with Gasteiger partial charge in [-0.05, 0) is 29.5 Å². The lowest BCUT2D eigenvalue weighted by molar-refractivity contribution is -0.141. The summed E-state index contributed by atoms with van der Waals surface area (Å²) in [4.78, 5) is 37.9. The maximum absolute atomic E-state index is 13.3. The van der Waals surface area contributed by atoms with Crippen molar-refractivity contribution in [2.24, 2.45) is 5.92 Å². The van der Waals surface area contributed by atoms with Gasteiger partial charge in [-0.3, -0.25) is 9.59 Å². The van der Waals surface area contributed by atoms with Crippen LogP contribution < -0.4 is 0 Å². The van der Waals surface area contributed by atoms with Crippen molar-refractivity contribution in [1.82, 2.24) is 4.98 Å². The molecule has 5 nitrogen and oxygen atoms in total. The van der Waals surface area contributed by atoms with Crippen molar-refractivity contribution >= 4 is 28.6 Å². The van der Waals surface area contributed by atoms with E-state index in [1.807, 2.05) is 0 Å². The molecule has 1 aromatic rings. The molecule has 0 saturated heterocycles. The lowest BCUT2D eigenvalue weighted by Gasteiger charge is -2.21. The minimum absolute atomic E-state index is 0.402. The van der Waals surface area contributed by atoms with Crippen LogP contribution in [0.5, 0.6) is 0 Å².